The number of hydrogen-bond acceptors (Lipinski definition) is 3. The van der Waals surface area contributed by atoms with Crippen LogP contribution in [0.1, 0.15) is 58.3 Å². The van der Waals surface area contributed by atoms with Gasteiger partial charge < -0.3 is 15.1 Å². The van der Waals surface area contributed by atoms with Crippen molar-refractivity contribution in [2.75, 3.05) is 13.6 Å². The second kappa shape index (κ2) is 7.05. The Morgan fingerprint density at radius 3 is 2.42 bits per heavy atom. The van der Waals surface area contributed by atoms with E-state index < -0.39 is 0 Å². The van der Waals surface area contributed by atoms with Crippen LogP contribution >= 0.6 is 0 Å². The van der Waals surface area contributed by atoms with E-state index in [1.807, 2.05) is 0 Å². The van der Waals surface area contributed by atoms with Crippen LogP contribution in [0.4, 0.5) is 0 Å². The predicted octanol–water partition coefficient (Wildman–Crippen LogP) is 2.41. The van der Waals surface area contributed by atoms with E-state index in [1.165, 1.54) is 19.3 Å². The van der Waals surface area contributed by atoms with Crippen molar-refractivity contribution in [1.29, 1.82) is 0 Å². The summed E-state index contributed by atoms with van der Waals surface area (Å²) < 4.78 is 0. The topological polar surface area (TPSA) is 43.7 Å². The minimum Gasteiger partial charge on any atom is -0.393 e. The second-order valence-corrected chi connectivity index (χ2v) is 6.77. The van der Waals surface area contributed by atoms with Gasteiger partial charge >= 0.3 is 0 Å². The quantitative estimate of drug-likeness (QED) is 0.823. The van der Waals surface area contributed by atoms with Gasteiger partial charge in [0.1, 0.15) is 0 Å². The Morgan fingerprint density at radius 2 is 1.74 bits per heavy atom. The maximum absolute atomic E-state index is 10.2. The van der Waals surface area contributed by atoms with Crippen molar-refractivity contribution in [2.45, 2.75) is 76.5 Å². The summed E-state index contributed by atoms with van der Waals surface area (Å²) >= 11 is 0. The lowest BCUT2D eigenvalue weighted by atomic mass is 9.77. The van der Waals surface area contributed by atoms with Gasteiger partial charge in [0.05, 0.1) is 12.2 Å². The van der Waals surface area contributed by atoms with Crippen LogP contribution in [0.25, 0.3) is 0 Å². The normalized spacial score (nSPS) is 40.6. The molecule has 0 aromatic heterocycles. The third-order valence-corrected chi connectivity index (χ3v) is 5.41. The van der Waals surface area contributed by atoms with Crippen LogP contribution < -0.4 is 0 Å². The lowest BCUT2D eigenvalue weighted by Crippen LogP contribution is -2.47. The molecule has 0 radical (unpaired) electrons. The average Bonchev–Trinajstić information content (AvgIpc) is 2.41. The molecule has 2 aliphatic carbocycles. The SMILES string of the molecule is CCC1CCC(O)C(CN(C)C2CCCCC2O)C1. The summed E-state index contributed by atoms with van der Waals surface area (Å²) in [6.07, 6.45) is 8.69. The molecule has 0 amide bonds. The average molecular weight is 269 g/mol. The van der Waals surface area contributed by atoms with E-state index in [9.17, 15) is 10.2 Å². The summed E-state index contributed by atoms with van der Waals surface area (Å²) in [5, 5.41) is 20.3. The molecule has 0 spiro atoms. The third kappa shape index (κ3) is 3.93. The zero-order chi connectivity index (χ0) is 13.8. The molecule has 2 N–H and O–H groups in total. The molecule has 0 heterocycles. The van der Waals surface area contributed by atoms with E-state index in [4.69, 9.17) is 0 Å². The largest absolute Gasteiger partial charge is 0.393 e. The molecule has 0 aliphatic heterocycles. The van der Waals surface area contributed by atoms with Crippen LogP contribution in [0.2, 0.25) is 0 Å². The number of aliphatic hydroxyl groups excluding tert-OH is 2. The Kier molecular flexibility index (Phi) is 5.67. The molecular formula is C16H31NO2. The first kappa shape index (κ1) is 15.3. The predicted molar refractivity (Wildman–Crippen MR) is 78.0 cm³/mol. The summed E-state index contributed by atoms with van der Waals surface area (Å²) in [6, 6.07) is 0.308. The molecular weight excluding hydrogens is 238 g/mol. The van der Waals surface area contributed by atoms with Crippen LogP contribution in [0.5, 0.6) is 0 Å². The molecule has 2 rings (SSSR count). The Hall–Kier alpha value is -0.120. The van der Waals surface area contributed by atoms with E-state index in [0.717, 1.165) is 44.6 Å². The smallest absolute Gasteiger partial charge is 0.0695 e. The van der Waals surface area contributed by atoms with Crippen molar-refractivity contribution < 1.29 is 10.2 Å². The standard InChI is InChI=1S/C16H31NO2/c1-3-12-8-9-15(18)13(10-12)11-17(2)14-6-4-5-7-16(14)19/h12-16,18-19H,3-11H2,1-2H3. The van der Waals surface area contributed by atoms with Crippen LogP contribution in [-0.2, 0) is 0 Å². The summed E-state index contributed by atoms with van der Waals surface area (Å²) in [5.74, 6) is 1.19. The first-order valence-corrected chi connectivity index (χ1v) is 8.18. The van der Waals surface area contributed by atoms with Gasteiger partial charge in [0.2, 0.25) is 0 Å². The van der Waals surface area contributed by atoms with Crippen molar-refractivity contribution in [2.24, 2.45) is 11.8 Å². The lowest BCUT2D eigenvalue weighted by molar-refractivity contribution is -0.00956. The molecule has 2 fully saturated rings. The molecule has 19 heavy (non-hydrogen) atoms. The Morgan fingerprint density at radius 1 is 1.00 bits per heavy atom. The van der Waals surface area contributed by atoms with Crippen molar-refractivity contribution in [3.63, 3.8) is 0 Å². The third-order valence-electron chi connectivity index (χ3n) is 5.41. The highest BCUT2D eigenvalue weighted by atomic mass is 16.3. The molecule has 0 bridgehead atoms. The fourth-order valence-corrected chi connectivity index (χ4v) is 4.02. The van der Waals surface area contributed by atoms with Crippen LogP contribution in [0.15, 0.2) is 0 Å². The van der Waals surface area contributed by atoms with E-state index in [0.29, 0.717) is 12.0 Å². The fraction of sp³-hybridized carbons (Fsp3) is 1.00. The van der Waals surface area contributed by atoms with E-state index in [-0.39, 0.29) is 12.2 Å². The number of rotatable bonds is 4. The van der Waals surface area contributed by atoms with Gasteiger partial charge in [-0.15, -0.1) is 0 Å². The maximum Gasteiger partial charge on any atom is 0.0695 e. The summed E-state index contributed by atoms with van der Waals surface area (Å²) in [7, 11) is 2.13. The molecule has 0 aromatic carbocycles. The van der Waals surface area contributed by atoms with Crippen molar-refractivity contribution in [3.05, 3.63) is 0 Å². The highest BCUT2D eigenvalue weighted by molar-refractivity contribution is 4.86. The van der Waals surface area contributed by atoms with Gasteiger partial charge in [-0.05, 0) is 51.0 Å². The van der Waals surface area contributed by atoms with Crippen molar-refractivity contribution in [1.82, 2.24) is 4.90 Å². The Balaban J connectivity index is 1.87. The minimum absolute atomic E-state index is 0.133. The van der Waals surface area contributed by atoms with Gasteiger partial charge in [-0.2, -0.15) is 0 Å². The maximum atomic E-state index is 10.2. The molecule has 5 unspecified atom stereocenters. The van der Waals surface area contributed by atoms with Gasteiger partial charge in [0.15, 0.2) is 0 Å². The number of nitrogens with zero attached hydrogens (tertiary/aromatic N) is 1. The molecule has 2 aliphatic rings. The zero-order valence-corrected chi connectivity index (χ0v) is 12.6. The van der Waals surface area contributed by atoms with E-state index >= 15 is 0 Å². The van der Waals surface area contributed by atoms with Crippen LogP contribution in [0, 0.1) is 11.8 Å². The first-order chi connectivity index (χ1) is 9.11. The monoisotopic (exact) mass is 269 g/mol. The minimum atomic E-state index is -0.165. The van der Waals surface area contributed by atoms with Crippen molar-refractivity contribution in [3.8, 4) is 0 Å². The van der Waals surface area contributed by atoms with Crippen LogP contribution in [-0.4, -0.2) is 47.0 Å². The molecule has 0 saturated heterocycles. The zero-order valence-electron chi connectivity index (χ0n) is 12.6. The van der Waals surface area contributed by atoms with Gasteiger partial charge in [-0.3, -0.25) is 0 Å². The fourth-order valence-electron chi connectivity index (χ4n) is 4.02. The summed E-state index contributed by atoms with van der Waals surface area (Å²) in [4.78, 5) is 2.32. The first-order valence-electron chi connectivity index (χ1n) is 8.18. The summed E-state index contributed by atoms with van der Waals surface area (Å²) in [6.45, 7) is 3.20. The number of hydrogen-bond donors (Lipinski definition) is 2. The van der Waals surface area contributed by atoms with Gasteiger partial charge in [-0.1, -0.05) is 26.2 Å². The van der Waals surface area contributed by atoms with E-state index in [2.05, 4.69) is 18.9 Å². The Labute approximate surface area is 118 Å². The molecule has 3 heteroatoms. The lowest BCUT2D eigenvalue weighted by Gasteiger charge is -2.40. The Bertz CT molecular complexity index is 271. The highest BCUT2D eigenvalue weighted by Crippen LogP contribution is 2.33. The summed E-state index contributed by atoms with van der Waals surface area (Å²) in [5.41, 5.74) is 0. The number of aliphatic hydroxyl groups is 2. The number of likely N-dealkylation sites (N-methyl/N-ethyl adjacent to an activating group) is 1. The van der Waals surface area contributed by atoms with Gasteiger partial charge in [0.25, 0.3) is 0 Å². The van der Waals surface area contributed by atoms with Gasteiger partial charge in [-0.25, -0.2) is 0 Å². The molecule has 2 saturated carbocycles. The highest BCUT2D eigenvalue weighted by Gasteiger charge is 2.32. The molecule has 112 valence electrons. The molecule has 0 aromatic rings. The second-order valence-electron chi connectivity index (χ2n) is 6.77. The van der Waals surface area contributed by atoms with Gasteiger partial charge in [0, 0.05) is 12.6 Å². The molecule has 5 atom stereocenters. The van der Waals surface area contributed by atoms with E-state index in [1.54, 1.807) is 0 Å². The molecule has 3 nitrogen and oxygen atoms in total. The van der Waals surface area contributed by atoms with Crippen LogP contribution in [0.3, 0.4) is 0 Å². The van der Waals surface area contributed by atoms with Crippen molar-refractivity contribution >= 4 is 0 Å².